The first kappa shape index (κ1) is 18.7. The highest BCUT2D eigenvalue weighted by Crippen LogP contribution is 2.21. The first-order chi connectivity index (χ1) is 13.6. The van der Waals surface area contributed by atoms with Crippen LogP contribution < -0.4 is 10.1 Å². The molecule has 0 saturated carbocycles. The molecule has 6 heteroatoms. The molecule has 0 aliphatic heterocycles. The third kappa shape index (κ3) is 5.19. The van der Waals surface area contributed by atoms with E-state index in [0.29, 0.717) is 28.3 Å². The van der Waals surface area contributed by atoms with E-state index in [2.05, 4.69) is 5.32 Å². The van der Waals surface area contributed by atoms with Gasteiger partial charge in [0.15, 0.2) is 6.61 Å². The maximum atomic E-state index is 12.1. The fourth-order valence-electron chi connectivity index (χ4n) is 2.32. The van der Waals surface area contributed by atoms with Crippen LogP contribution >= 0.6 is 0 Å². The number of anilines is 1. The zero-order chi connectivity index (χ0) is 19.8. The molecule has 1 amide bonds. The largest absolute Gasteiger partial charge is 0.457 e. The van der Waals surface area contributed by atoms with Crippen LogP contribution in [0.2, 0.25) is 0 Å². The zero-order valence-electron chi connectivity index (χ0n) is 14.8. The molecule has 0 aliphatic carbocycles. The van der Waals surface area contributed by atoms with Gasteiger partial charge in [-0.25, -0.2) is 4.79 Å². The molecule has 1 N–H and O–H groups in total. The molecular formula is C22H16N2O4. The number of para-hydroxylation sites is 1. The van der Waals surface area contributed by atoms with E-state index in [1.54, 1.807) is 48.5 Å². The van der Waals surface area contributed by atoms with E-state index in [9.17, 15) is 9.59 Å². The first-order valence-electron chi connectivity index (χ1n) is 8.44. The van der Waals surface area contributed by atoms with Crippen molar-refractivity contribution >= 4 is 17.6 Å². The molecule has 138 valence electrons. The van der Waals surface area contributed by atoms with Crippen LogP contribution in [0, 0.1) is 11.3 Å². The normalized spacial score (nSPS) is 9.82. The second-order valence-corrected chi connectivity index (χ2v) is 5.75. The highest BCUT2D eigenvalue weighted by Gasteiger charge is 2.11. The Kier molecular flexibility index (Phi) is 6.01. The van der Waals surface area contributed by atoms with Gasteiger partial charge in [0, 0.05) is 5.69 Å². The van der Waals surface area contributed by atoms with Crippen molar-refractivity contribution in [1.29, 1.82) is 5.26 Å². The SMILES string of the molecule is N#Cc1ccc(NC(=O)COC(=O)c2ccc(Oc3ccccc3)cc2)cc1. The van der Waals surface area contributed by atoms with Crippen LogP contribution in [0.25, 0.3) is 0 Å². The lowest BCUT2D eigenvalue weighted by molar-refractivity contribution is -0.119. The molecular weight excluding hydrogens is 356 g/mol. The van der Waals surface area contributed by atoms with Crippen molar-refractivity contribution in [3.63, 3.8) is 0 Å². The van der Waals surface area contributed by atoms with E-state index < -0.39 is 18.5 Å². The Labute approximate surface area is 161 Å². The summed E-state index contributed by atoms with van der Waals surface area (Å²) >= 11 is 0. The summed E-state index contributed by atoms with van der Waals surface area (Å²) < 4.78 is 10.7. The van der Waals surface area contributed by atoms with Gasteiger partial charge in [-0.1, -0.05) is 18.2 Å². The fourth-order valence-corrected chi connectivity index (χ4v) is 2.32. The topological polar surface area (TPSA) is 88.4 Å². The second-order valence-electron chi connectivity index (χ2n) is 5.75. The Morgan fingerprint density at radius 2 is 1.50 bits per heavy atom. The monoisotopic (exact) mass is 372 g/mol. The number of nitrogens with one attached hydrogen (secondary N) is 1. The van der Waals surface area contributed by atoms with E-state index in [-0.39, 0.29) is 0 Å². The zero-order valence-corrected chi connectivity index (χ0v) is 14.8. The number of carbonyl (C=O) groups is 2. The van der Waals surface area contributed by atoms with Crippen LogP contribution in [0.1, 0.15) is 15.9 Å². The molecule has 0 saturated heterocycles. The molecule has 0 atom stereocenters. The standard InChI is InChI=1S/C22H16N2O4/c23-14-16-6-10-18(11-7-16)24-21(25)15-27-22(26)17-8-12-20(13-9-17)28-19-4-2-1-3-5-19/h1-13H,15H2,(H,24,25). The lowest BCUT2D eigenvalue weighted by Crippen LogP contribution is -2.20. The van der Waals surface area contributed by atoms with Crippen LogP contribution in [0.4, 0.5) is 5.69 Å². The molecule has 3 aromatic carbocycles. The number of hydrogen-bond acceptors (Lipinski definition) is 5. The summed E-state index contributed by atoms with van der Waals surface area (Å²) in [5, 5.41) is 11.3. The van der Waals surface area contributed by atoms with Crippen molar-refractivity contribution in [3.05, 3.63) is 90.0 Å². The van der Waals surface area contributed by atoms with Gasteiger partial charge in [0.2, 0.25) is 0 Å². The van der Waals surface area contributed by atoms with Gasteiger partial charge in [-0.2, -0.15) is 5.26 Å². The predicted octanol–water partition coefficient (Wildman–Crippen LogP) is 4.15. The number of nitrogens with zero attached hydrogens (tertiary/aromatic N) is 1. The Morgan fingerprint density at radius 1 is 0.857 bits per heavy atom. The van der Waals surface area contributed by atoms with E-state index in [1.165, 1.54) is 0 Å². The average molecular weight is 372 g/mol. The summed E-state index contributed by atoms with van der Waals surface area (Å²) in [6.07, 6.45) is 0. The quantitative estimate of drug-likeness (QED) is 0.657. The van der Waals surface area contributed by atoms with E-state index in [4.69, 9.17) is 14.7 Å². The molecule has 0 bridgehead atoms. The third-order valence-corrected chi connectivity index (χ3v) is 3.70. The maximum Gasteiger partial charge on any atom is 0.338 e. The van der Waals surface area contributed by atoms with Crippen LogP contribution in [0.3, 0.4) is 0 Å². The summed E-state index contributed by atoms with van der Waals surface area (Å²) in [5.74, 6) is 0.196. The summed E-state index contributed by atoms with van der Waals surface area (Å²) in [7, 11) is 0. The van der Waals surface area contributed by atoms with E-state index in [0.717, 1.165) is 0 Å². The molecule has 3 aromatic rings. The number of nitriles is 1. The van der Waals surface area contributed by atoms with E-state index >= 15 is 0 Å². The molecule has 6 nitrogen and oxygen atoms in total. The van der Waals surface area contributed by atoms with Gasteiger partial charge in [-0.3, -0.25) is 4.79 Å². The number of hydrogen-bond donors (Lipinski definition) is 1. The highest BCUT2D eigenvalue weighted by molar-refractivity contribution is 5.95. The second kappa shape index (κ2) is 9.01. The molecule has 0 heterocycles. The number of amides is 1. The summed E-state index contributed by atoms with van der Waals surface area (Å²) in [5.41, 5.74) is 1.32. The molecule has 0 aliphatic rings. The van der Waals surface area contributed by atoms with Crippen LogP contribution in [0.5, 0.6) is 11.5 Å². The Hall–Kier alpha value is -4.11. The molecule has 0 spiro atoms. The number of rotatable bonds is 6. The Bertz CT molecular complexity index is 991. The van der Waals surface area contributed by atoms with Crippen molar-refractivity contribution in [2.45, 2.75) is 0 Å². The van der Waals surface area contributed by atoms with Gasteiger partial charge in [0.1, 0.15) is 11.5 Å². The van der Waals surface area contributed by atoms with Crippen molar-refractivity contribution < 1.29 is 19.1 Å². The van der Waals surface area contributed by atoms with Crippen molar-refractivity contribution in [2.75, 3.05) is 11.9 Å². The van der Waals surface area contributed by atoms with E-state index in [1.807, 2.05) is 36.4 Å². The van der Waals surface area contributed by atoms with Gasteiger partial charge in [-0.15, -0.1) is 0 Å². The van der Waals surface area contributed by atoms with Crippen LogP contribution in [-0.4, -0.2) is 18.5 Å². The molecule has 0 radical (unpaired) electrons. The number of ether oxygens (including phenoxy) is 2. The summed E-state index contributed by atoms with van der Waals surface area (Å²) in [4.78, 5) is 24.0. The highest BCUT2D eigenvalue weighted by atomic mass is 16.5. The first-order valence-corrected chi connectivity index (χ1v) is 8.44. The third-order valence-electron chi connectivity index (χ3n) is 3.70. The fraction of sp³-hybridized carbons (Fsp3) is 0.0455. The number of esters is 1. The van der Waals surface area contributed by atoms with Crippen molar-refractivity contribution in [3.8, 4) is 17.6 Å². The lowest BCUT2D eigenvalue weighted by Gasteiger charge is -2.08. The number of carbonyl (C=O) groups excluding carboxylic acids is 2. The maximum absolute atomic E-state index is 12.1. The minimum Gasteiger partial charge on any atom is -0.457 e. The summed E-state index contributed by atoms with van der Waals surface area (Å²) in [6, 6.07) is 24.1. The Morgan fingerprint density at radius 3 is 2.14 bits per heavy atom. The smallest absolute Gasteiger partial charge is 0.338 e. The minimum atomic E-state index is -0.610. The van der Waals surface area contributed by atoms with Gasteiger partial charge in [-0.05, 0) is 60.7 Å². The van der Waals surface area contributed by atoms with Gasteiger partial charge < -0.3 is 14.8 Å². The minimum absolute atomic E-state index is 0.312. The lowest BCUT2D eigenvalue weighted by atomic mass is 10.2. The van der Waals surface area contributed by atoms with Gasteiger partial charge in [0.25, 0.3) is 5.91 Å². The van der Waals surface area contributed by atoms with Crippen molar-refractivity contribution in [2.24, 2.45) is 0 Å². The Balaban J connectivity index is 1.50. The average Bonchev–Trinajstić information content (AvgIpc) is 2.74. The predicted molar refractivity (Wildman–Crippen MR) is 103 cm³/mol. The number of benzene rings is 3. The van der Waals surface area contributed by atoms with Gasteiger partial charge in [0.05, 0.1) is 17.2 Å². The summed E-state index contributed by atoms with van der Waals surface area (Å²) in [6.45, 7) is -0.416. The molecule has 0 unspecified atom stereocenters. The molecule has 0 aromatic heterocycles. The van der Waals surface area contributed by atoms with Crippen LogP contribution in [-0.2, 0) is 9.53 Å². The van der Waals surface area contributed by atoms with Crippen LogP contribution in [0.15, 0.2) is 78.9 Å². The van der Waals surface area contributed by atoms with Gasteiger partial charge >= 0.3 is 5.97 Å². The molecule has 0 fully saturated rings. The molecule has 28 heavy (non-hydrogen) atoms. The van der Waals surface area contributed by atoms with Crippen molar-refractivity contribution in [1.82, 2.24) is 0 Å². The molecule has 3 rings (SSSR count).